The second-order valence-electron chi connectivity index (χ2n) is 4.69. The summed E-state index contributed by atoms with van der Waals surface area (Å²) in [5.41, 5.74) is 1.38. The van der Waals surface area contributed by atoms with Crippen LogP contribution in [0, 0.1) is 0 Å². The number of pyridine rings is 1. The summed E-state index contributed by atoms with van der Waals surface area (Å²) in [4.78, 5) is 18.7. The van der Waals surface area contributed by atoms with Crippen molar-refractivity contribution in [2.75, 3.05) is 23.3 Å². The fourth-order valence-electron chi connectivity index (χ4n) is 2.23. The Morgan fingerprint density at radius 1 is 1.35 bits per heavy atom. The molecule has 0 radical (unpaired) electrons. The molecule has 0 atom stereocenters. The first kappa shape index (κ1) is 13.6. The summed E-state index contributed by atoms with van der Waals surface area (Å²) in [5, 5.41) is 4.68. The average molecular weight is 352 g/mol. The molecule has 1 N–H and O–H groups in total. The molecular weight excluding hydrogens is 338 g/mol. The Bertz CT molecular complexity index is 605. The van der Waals surface area contributed by atoms with Gasteiger partial charge in [-0.3, -0.25) is 4.79 Å². The Balaban J connectivity index is 1.67. The van der Waals surface area contributed by atoms with E-state index in [2.05, 4.69) is 31.1 Å². The number of thiophene rings is 1. The monoisotopic (exact) mass is 351 g/mol. The van der Waals surface area contributed by atoms with Gasteiger partial charge in [0.05, 0.1) is 21.2 Å². The largest absolute Gasteiger partial charge is 0.357 e. The molecule has 2 aromatic rings. The molecule has 104 valence electrons. The van der Waals surface area contributed by atoms with Crippen LogP contribution in [0.3, 0.4) is 0 Å². The van der Waals surface area contributed by atoms with Gasteiger partial charge >= 0.3 is 0 Å². The number of nitrogens with zero attached hydrogens (tertiary/aromatic N) is 2. The maximum atomic E-state index is 12.0. The minimum absolute atomic E-state index is 0.109. The highest BCUT2D eigenvalue weighted by molar-refractivity contribution is 9.11. The highest BCUT2D eigenvalue weighted by Crippen LogP contribution is 2.22. The van der Waals surface area contributed by atoms with Crippen LogP contribution in [0.1, 0.15) is 23.2 Å². The first-order valence-corrected chi connectivity index (χ1v) is 8.16. The van der Waals surface area contributed by atoms with Gasteiger partial charge in [0.25, 0.3) is 5.91 Å². The second-order valence-corrected chi connectivity index (χ2v) is 6.98. The van der Waals surface area contributed by atoms with Crippen molar-refractivity contribution in [1.29, 1.82) is 0 Å². The molecule has 1 fully saturated rings. The van der Waals surface area contributed by atoms with Crippen molar-refractivity contribution in [3.8, 4) is 0 Å². The summed E-state index contributed by atoms with van der Waals surface area (Å²) in [5.74, 6) is 0.876. The van der Waals surface area contributed by atoms with Crippen molar-refractivity contribution in [3.05, 3.63) is 39.1 Å². The number of anilines is 2. The van der Waals surface area contributed by atoms with Gasteiger partial charge in [0.1, 0.15) is 5.82 Å². The van der Waals surface area contributed by atoms with E-state index in [4.69, 9.17) is 0 Å². The lowest BCUT2D eigenvalue weighted by atomic mass is 10.3. The van der Waals surface area contributed by atoms with Crippen LogP contribution >= 0.6 is 27.3 Å². The molecule has 6 heteroatoms. The van der Waals surface area contributed by atoms with Gasteiger partial charge in [0.15, 0.2) is 0 Å². The zero-order valence-corrected chi connectivity index (χ0v) is 13.2. The summed E-state index contributed by atoms with van der Waals surface area (Å²) < 4.78 is 0.949. The molecule has 0 bridgehead atoms. The lowest BCUT2D eigenvalue weighted by Crippen LogP contribution is -2.19. The molecule has 0 unspecified atom stereocenters. The van der Waals surface area contributed by atoms with E-state index in [0.717, 1.165) is 28.4 Å². The summed E-state index contributed by atoms with van der Waals surface area (Å²) in [7, 11) is 0. The molecule has 1 aliphatic rings. The van der Waals surface area contributed by atoms with Gasteiger partial charge in [-0.05, 0) is 47.0 Å². The van der Waals surface area contributed by atoms with Gasteiger partial charge in [-0.25, -0.2) is 4.98 Å². The predicted molar refractivity (Wildman–Crippen MR) is 85.7 cm³/mol. The number of aromatic nitrogens is 1. The van der Waals surface area contributed by atoms with Gasteiger partial charge < -0.3 is 10.2 Å². The molecule has 0 saturated carbocycles. The molecule has 1 saturated heterocycles. The number of amides is 1. The van der Waals surface area contributed by atoms with Crippen LogP contribution in [-0.2, 0) is 0 Å². The Kier molecular flexibility index (Phi) is 4.03. The standard InChI is InChI=1S/C14H14BrN3OS/c15-12-7-10(9-20-12)14(19)17-11-3-4-13(16-8-11)18-5-1-2-6-18/h3-4,7-9H,1-2,5-6H2,(H,17,19). The normalized spacial score (nSPS) is 14.6. The van der Waals surface area contributed by atoms with Gasteiger partial charge in [0, 0.05) is 18.5 Å². The van der Waals surface area contributed by atoms with Gasteiger partial charge in [-0.1, -0.05) is 0 Å². The number of rotatable bonds is 3. The fraction of sp³-hybridized carbons (Fsp3) is 0.286. The van der Waals surface area contributed by atoms with E-state index in [0.29, 0.717) is 5.56 Å². The number of carbonyl (C=O) groups excluding carboxylic acids is 1. The number of halogens is 1. The van der Waals surface area contributed by atoms with E-state index in [1.54, 1.807) is 6.20 Å². The van der Waals surface area contributed by atoms with E-state index in [9.17, 15) is 4.79 Å². The number of nitrogens with one attached hydrogen (secondary N) is 1. The first-order valence-electron chi connectivity index (χ1n) is 6.49. The molecular formula is C14H14BrN3OS. The number of hydrogen-bond acceptors (Lipinski definition) is 4. The van der Waals surface area contributed by atoms with Crippen molar-refractivity contribution in [3.63, 3.8) is 0 Å². The van der Waals surface area contributed by atoms with Crippen LogP contribution in [0.5, 0.6) is 0 Å². The minimum Gasteiger partial charge on any atom is -0.357 e. The lowest BCUT2D eigenvalue weighted by molar-refractivity contribution is 0.102. The molecule has 0 spiro atoms. The van der Waals surface area contributed by atoms with E-state index in [1.165, 1.54) is 24.2 Å². The lowest BCUT2D eigenvalue weighted by Gasteiger charge is -2.16. The highest BCUT2D eigenvalue weighted by atomic mass is 79.9. The Morgan fingerprint density at radius 3 is 2.75 bits per heavy atom. The average Bonchev–Trinajstić information content (AvgIpc) is 3.10. The smallest absolute Gasteiger partial charge is 0.256 e. The third kappa shape index (κ3) is 3.02. The van der Waals surface area contributed by atoms with Crippen LogP contribution < -0.4 is 10.2 Å². The second kappa shape index (κ2) is 5.93. The molecule has 2 aromatic heterocycles. The maximum Gasteiger partial charge on any atom is 0.256 e. The van der Waals surface area contributed by atoms with E-state index >= 15 is 0 Å². The SMILES string of the molecule is O=C(Nc1ccc(N2CCCC2)nc1)c1csc(Br)c1. The van der Waals surface area contributed by atoms with Crippen LogP contribution in [0.15, 0.2) is 33.6 Å². The van der Waals surface area contributed by atoms with Crippen LogP contribution in [0.4, 0.5) is 11.5 Å². The van der Waals surface area contributed by atoms with Crippen LogP contribution in [-0.4, -0.2) is 24.0 Å². The first-order chi connectivity index (χ1) is 9.72. The summed E-state index contributed by atoms with van der Waals surface area (Å²) in [6.45, 7) is 2.14. The van der Waals surface area contributed by atoms with Crippen molar-refractivity contribution in [1.82, 2.24) is 4.98 Å². The molecule has 0 aromatic carbocycles. The maximum absolute atomic E-state index is 12.0. The Morgan fingerprint density at radius 2 is 2.15 bits per heavy atom. The highest BCUT2D eigenvalue weighted by Gasteiger charge is 2.13. The van der Waals surface area contributed by atoms with Crippen molar-refractivity contribution < 1.29 is 4.79 Å². The quantitative estimate of drug-likeness (QED) is 0.915. The number of hydrogen-bond donors (Lipinski definition) is 1. The summed E-state index contributed by atoms with van der Waals surface area (Å²) in [6.07, 6.45) is 4.17. The molecule has 1 amide bonds. The third-order valence-corrected chi connectivity index (χ3v) is 4.77. The van der Waals surface area contributed by atoms with E-state index in [-0.39, 0.29) is 5.91 Å². The summed E-state index contributed by atoms with van der Waals surface area (Å²) in [6, 6.07) is 5.68. The topological polar surface area (TPSA) is 45.2 Å². The number of carbonyl (C=O) groups is 1. The predicted octanol–water partition coefficient (Wildman–Crippen LogP) is 3.76. The molecule has 4 nitrogen and oxygen atoms in total. The molecule has 3 rings (SSSR count). The summed E-state index contributed by atoms with van der Waals surface area (Å²) >= 11 is 4.85. The Hall–Kier alpha value is -1.40. The van der Waals surface area contributed by atoms with Gasteiger partial charge in [0.2, 0.25) is 0 Å². The molecule has 0 aliphatic carbocycles. The zero-order chi connectivity index (χ0) is 13.9. The molecule has 1 aliphatic heterocycles. The zero-order valence-electron chi connectivity index (χ0n) is 10.8. The van der Waals surface area contributed by atoms with Crippen LogP contribution in [0.2, 0.25) is 0 Å². The van der Waals surface area contributed by atoms with Crippen molar-refractivity contribution in [2.45, 2.75) is 12.8 Å². The van der Waals surface area contributed by atoms with Crippen molar-refractivity contribution >= 4 is 44.7 Å². The fourth-order valence-corrected chi connectivity index (χ4v) is 3.36. The van der Waals surface area contributed by atoms with Gasteiger partial charge in [-0.15, -0.1) is 11.3 Å². The van der Waals surface area contributed by atoms with Crippen LogP contribution in [0.25, 0.3) is 0 Å². The molecule has 3 heterocycles. The van der Waals surface area contributed by atoms with Gasteiger partial charge in [-0.2, -0.15) is 0 Å². The van der Waals surface area contributed by atoms with Crippen molar-refractivity contribution in [2.24, 2.45) is 0 Å². The molecule has 20 heavy (non-hydrogen) atoms. The Labute approximate surface area is 130 Å². The van der Waals surface area contributed by atoms with E-state index in [1.807, 2.05) is 23.6 Å². The third-order valence-electron chi connectivity index (χ3n) is 3.27. The van der Waals surface area contributed by atoms with E-state index < -0.39 is 0 Å². The minimum atomic E-state index is -0.109.